The molecular formula is C13H21F3N2OS. The maximum Gasteiger partial charge on any atom is 0.391 e. The predicted octanol–water partition coefficient (Wildman–Crippen LogP) is 2.78. The zero-order valence-corrected chi connectivity index (χ0v) is 12.5. The molecule has 0 bridgehead atoms. The second-order valence-electron chi connectivity index (χ2n) is 5.72. The molecule has 1 fully saturated rings. The summed E-state index contributed by atoms with van der Waals surface area (Å²) in [5, 5.41) is 2.75. The van der Waals surface area contributed by atoms with Crippen LogP contribution in [-0.2, 0) is 4.79 Å². The fraction of sp³-hybridized carbons (Fsp3) is 0.846. The normalized spacial score (nSPS) is 25.3. The highest BCUT2D eigenvalue weighted by molar-refractivity contribution is 7.80. The Balaban J connectivity index is 2.53. The zero-order valence-electron chi connectivity index (χ0n) is 11.7. The van der Waals surface area contributed by atoms with Gasteiger partial charge in [0.15, 0.2) is 0 Å². The molecule has 1 unspecified atom stereocenters. The van der Waals surface area contributed by atoms with Crippen molar-refractivity contribution in [1.29, 1.82) is 0 Å². The van der Waals surface area contributed by atoms with Gasteiger partial charge in [0.1, 0.15) is 0 Å². The van der Waals surface area contributed by atoms with Gasteiger partial charge < -0.3 is 11.1 Å². The average Bonchev–Trinajstić information content (AvgIpc) is 2.34. The molecule has 0 saturated heterocycles. The third-order valence-corrected chi connectivity index (χ3v) is 4.09. The molecule has 0 aromatic rings. The topological polar surface area (TPSA) is 55.1 Å². The van der Waals surface area contributed by atoms with Crippen LogP contribution in [0.3, 0.4) is 0 Å². The van der Waals surface area contributed by atoms with Gasteiger partial charge in [0, 0.05) is 5.92 Å². The predicted molar refractivity (Wildman–Crippen MR) is 75.1 cm³/mol. The number of nitrogens with two attached hydrogens (primary N) is 1. The van der Waals surface area contributed by atoms with E-state index in [0.29, 0.717) is 0 Å². The highest BCUT2D eigenvalue weighted by Gasteiger charge is 2.42. The lowest BCUT2D eigenvalue weighted by atomic mass is 9.81. The smallest absolute Gasteiger partial charge is 0.391 e. The summed E-state index contributed by atoms with van der Waals surface area (Å²) in [5.74, 6) is -1.83. The molecule has 0 radical (unpaired) electrons. The molecule has 1 atom stereocenters. The van der Waals surface area contributed by atoms with Crippen molar-refractivity contribution in [2.75, 3.05) is 0 Å². The fourth-order valence-corrected chi connectivity index (χ4v) is 2.85. The van der Waals surface area contributed by atoms with E-state index < -0.39 is 18.1 Å². The summed E-state index contributed by atoms with van der Waals surface area (Å²) in [5.41, 5.74) is 5.56. The monoisotopic (exact) mass is 310 g/mol. The number of halogens is 3. The minimum Gasteiger partial charge on any atom is -0.392 e. The van der Waals surface area contributed by atoms with E-state index >= 15 is 0 Å². The standard InChI is InChI=1S/C13H21F3N2OS/c1-7(2)10(11(17)20)18-12(19)8-3-5-9(6-4-8)13(14,15)16/h7-10H,3-6H2,1-2H3,(H2,17,20)(H,18,19). The summed E-state index contributed by atoms with van der Waals surface area (Å²) in [6.45, 7) is 3.76. The lowest BCUT2D eigenvalue weighted by molar-refractivity contribution is -0.184. The first-order chi connectivity index (χ1) is 9.12. The Kier molecular flexibility index (Phi) is 5.79. The number of nitrogens with one attached hydrogen (secondary N) is 1. The third-order valence-electron chi connectivity index (χ3n) is 3.83. The molecule has 0 spiro atoms. The maximum atomic E-state index is 12.6. The van der Waals surface area contributed by atoms with Crippen molar-refractivity contribution >= 4 is 23.1 Å². The number of carbonyl (C=O) groups is 1. The van der Waals surface area contributed by atoms with Gasteiger partial charge in [0.2, 0.25) is 5.91 Å². The average molecular weight is 310 g/mol. The molecule has 1 saturated carbocycles. The largest absolute Gasteiger partial charge is 0.392 e. The van der Waals surface area contributed by atoms with Crippen LogP contribution in [0.4, 0.5) is 13.2 Å². The van der Waals surface area contributed by atoms with Crippen molar-refractivity contribution in [2.45, 2.75) is 51.7 Å². The second-order valence-corrected chi connectivity index (χ2v) is 6.19. The Hall–Kier alpha value is -0.850. The van der Waals surface area contributed by atoms with Crippen LogP contribution in [0.5, 0.6) is 0 Å². The molecule has 20 heavy (non-hydrogen) atoms. The molecule has 1 amide bonds. The van der Waals surface area contributed by atoms with Gasteiger partial charge in [-0.05, 0) is 31.6 Å². The lowest BCUT2D eigenvalue weighted by Crippen LogP contribution is -2.49. The number of thiocarbonyl (C=S) groups is 1. The molecule has 1 aliphatic carbocycles. The zero-order chi connectivity index (χ0) is 15.5. The minimum atomic E-state index is -4.15. The van der Waals surface area contributed by atoms with Gasteiger partial charge in [0.05, 0.1) is 16.9 Å². The molecule has 3 N–H and O–H groups in total. The van der Waals surface area contributed by atoms with Gasteiger partial charge in [-0.1, -0.05) is 26.1 Å². The van der Waals surface area contributed by atoms with Crippen molar-refractivity contribution < 1.29 is 18.0 Å². The molecular weight excluding hydrogens is 289 g/mol. The Labute approximate surface area is 122 Å². The summed E-state index contributed by atoms with van der Waals surface area (Å²) in [7, 11) is 0. The lowest BCUT2D eigenvalue weighted by Gasteiger charge is -2.30. The Morgan fingerprint density at radius 1 is 1.25 bits per heavy atom. The molecule has 0 aromatic heterocycles. The quantitative estimate of drug-likeness (QED) is 0.785. The van der Waals surface area contributed by atoms with Crippen LogP contribution in [0.2, 0.25) is 0 Å². The number of hydrogen-bond donors (Lipinski definition) is 2. The van der Waals surface area contributed by atoms with E-state index in [0.717, 1.165) is 0 Å². The van der Waals surface area contributed by atoms with E-state index in [4.69, 9.17) is 18.0 Å². The molecule has 0 aliphatic heterocycles. The van der Waals surface area contributed by atoms with Crippen LogP contribution < -0.4 is 11.1 Å². The van der Waals surface area contributed by atoms with Crippen molar-refractivity contribution in [2.24, 2.45) is 23.5 Å². The van der Waals surface area contributed by atoms with Crippen LogP contribution in [0.25, 0.3) is 0 Å². The first-order valence-corrected chi connectivity index (χ1v) is 7.20. The van der Waals surface area contributed by atoms with Crippen LogP contribution in [0.1, 0.15) is 39.5 Å². The summed E-state index contributed by atoms with van der Waals surface area (Å²) in [6, 6.07) is -0.405. The van der Waals surface area contributed by atoms with Crippen molar-refractivity contribution in [1.82, 2.24) is 5.32 Å². The molecule has 3 nitrogen and oxygen atoms in total. The number of hydrogen-bond acceptors (Lipinski definition) is 2. The van der Waals surface area contributed by atoms with E-state index in [1.165, 1.54) is 0 Å². The van der Waals surface area contributed by atoms with Gasteiger partial charge in [-0.2, -0.15) is 13.2 Å². The summed E-state index contributed by atoms with van der Waals surface area (Å²) < 4.78 is 37.7. The Morgan fingerprint density at radius 3 is 2.10 bits per heavy atom. The van der Waals surface area contributed by atoms with E-state index in [1.54, 1.807) is 0 Å². The summed E-state index contributed by atoms with van der Waals surface area (Å²) >= 11 is 4.89. The summed E-state index contributed by atoms with van der Waals surface area (Å²) in [6.07, 6.45) is -3.60. The van der Waals surface area contributed by atoms with E-state index in [-0.39, 0.29) is 48.4 Å². The van der Waals surface area contributed by atoms with Crippen molar-refractivity contribution in [3.63, 3.8) is 0 Å². The van der Waals surface area contributed by atoms with Crippen molar-refractivity contribution in [3.8, 4) is 0 Å². The Bertz CT molecular complexity index is 363. The molecule has 116 valence electrons. The van der Waals surface area contributed by atoms with Crippen molar-refractivity contribution in [3.05, 3.63) is 0 Å². The summed E-state index contributed by atoms with van der Waals surface area (Å²) in [4.78, 5) is 12.3. The van der Waals surface area contributed by atoms with Gasteiger partial charge in [-0.15, -0.1) is 0 Å². The molecule has 7 heteroatoms. The number of alkyl halides is 3. The maximum absolute atomic E-state index is 12.6. The molecule has 1 rings (SSSR count). The van der Waals surface area contributed by atoms with E-state index in [2.05, 4.69) is 5.32 Å². The number of rotatable bonds is 4. The number of amides is 1. The highest BCUT2D eigenvalue weighted by atomic mass is 32.1. The highest BCUT2D eigenvalue weighted by Crippen LogP contribution is 2.39. The number of carbonyl (C=O) groups excluding carboxylic acids is 1. The fourth-order valence-electron chi connectivity index (χ4n) is 2.52. The van der Waals surface area contributed by atoms with Gasteiger partial charge in [0.25, 0.3) is 0 Å². The van der Waals surface area contributed by atoms with E-state index in [1.807, 2.05) is 13.8 Å². The van der Waals surface area contributed by atoms with E-state index in [9.17, 15) is 18.0 Å². The van der Waals surface area contributed by atoms with Crippen LogP contribution in [-0.4, -0.2) is 23.1 Å². The molecule has 0 heterocycles. The van der Waals surface area contributed by atoms with Crippen LogP contribution in [0.15, 0.2) is 0 Å². The van der Waals surface area contributed by atoms with Gasteiger partial charge in [-0.3, -0.25) is 4.79 Å². The Morgan fingerprint density at radius 2 is 1.75 bits per heavy atom. The van der Waals surface area contributed by atoms with Gasteiger partial charge in [-0.25, -0.2) is 0 Å². The van der Waals surface area contributed by atoms with Gasteiger partial charge >= 0.3 is 6.18 Å². The molecule has 0 aromatic carbocycles. The van der Waals surface area contributed by atoms with Crippen LogP contribution in [0, 0.1) is 17.8 Å². The SMILES string of the molecule is CC(C)C(NC(=O)C1CCC(C(F)(F)F)CC1)C(N)=S. The minimum absolute atomic E-state index is 0.0149. The molecule has 1 aliphatic rings. The second kappa shape index (κ2) is 6.74. The third kappa shape index (κ3) is 4.61. The first-order valence-electron chi connectivity index (χ1n) is 6.79. The first kappa shape index (κ1) is 17.2. The van der Waals surface area contributed by atoms with Crippen LogP contribution >= 0.6 is 12.2 Å².